The molecule has 1 aliphatic heterocycles. The maximum atomic E-state index is 11.9. The van der Waals surface area contributed by atoms with Crippen LogP contribution in [0.4, 0.5) is 23.1 Å². The number of piperidine rings is 1. The number of nitrogens with zero attached hydrogens (tertiary/aromatic N) is 3. The number of anilines is 4. The van der Waals surface area contributed by atoms with Gasteiger partial charge in [-0.3, -0.25) is 0 Å². The normalized spacial score (nSPS) is 15.6. The summed E-state index contributed by atoms with van der Waals surface area (Å²) in [6.45, 7) is 8.36. The highest BCUT2D eigenvalue weighted by atomic mass is 35.5. The van der Waals surface area contributed by atoms with Crippen LogP contribution in [0.3, 0.4) is 0 Å². The SMILES string of the molecule is Cc1cc(Nc2ncc(Cl)c(Nc3ccccc3S(N)=O)n2)c(OC(C)C)cc1C1CCN(C)CC1. The number of ether oxygens (including phenoxy) is 1. The number of nitrogens with two attached hydrogens (primary N) is 1. The fraction of sp³-hybridized carbons (Fsp3) is 0.385. The topological polar surface area (TPSA) is 105 Å². The summed E-state index contributed by atoms with van der Waals surface area (Å²) in [5, 5.41) is 12.4. The van der Waals surface area contributed by atoms with Crippen molar-refractivity contribution in [2.45, 2.75) is 50.5 Å². The van der Waals surface area contributed by atoms with Gasteiger partial charge in [0, 0.05) is 0 Å². The van der Waals surface area contributed by atoms with E-state index >= 15 is 0 Å². The molecule has 4 N–H and O–H groups in total. The van der Waals surface area contributed by atoms with Crippen molar-refractivity contribution in [1.82, 2.24) is 14.9 Å². The summed E-state index contributed by atoms with van der Waals surface area (Å²) in [6.07, 6.45) is 3.80. The molecular weight excluding hydrogens is 496 g/mol. The number of halogens is 1. The Bertz CT molecular complexity index is 1250. The summed E-state index contributed by atoms with van der Waals surface area (Å²) in [5.41, 5.74) is 3.88. The molecule has 0 amide bonds. The van der Waals surface area contributed by atoms with Gasteiger partial charge in [0.25, 0.3) is 0 Å². The summed E-state index contributed by atoms with van der Waals surface area (Å²) < 4.78 is 18.1. The van der Waals surface area contributed by atoms with Crippen LogP contribution >= 0.6 is 11.6 Å². The minimum atomic E-state index is -1.66. The van der Waals surface area contributed by atoms with E-state index in [1.54, 1.807) is 18.2 Å². The van der Waals surface area contributed by atoms with Crippen molar-refractivity contribution in [3.63, 3.8) is 0 Å². The molecule has 1 fully saturated rings. The van der Waals surface area contributed by atoms with E-state index in [0.717, 1.165) is 37.4 Å². The first-order chi connectivity index (χ1) is 17.2. The van der Waals surface area contributed by atoms with Gasteiger partial charge in [-0.1, -0.05) is 23.7 Å². The fourth-order valence-electron chi connectivity index (χ4n) is 4.42. The number of likely N-dealkylation sites (tertiary alicyclic amines) is 1. The zero-order valence-electron chi connectivity index (χ0n) is 21.0. The van der Waals surface area contributed by atoms with E-state index in [4.69, 9.17) is 21.5 Å². The van der Waals surface area contributed by atoms with E-state index in [1.807, 2.05) is 19.9 Å². The van der Waals surface area contributed by atoms with E-state index < -0.39 is 11.0 Å². The second-order valence-electron chi connectivity index (χ2n) is 9.38. The van der Waals surface area contributed by atoms with Crippen LogP contribution in [-0.4, -0.2) is 45.3 Å². The first kappa shape index (κ1) is 26.3. The Kier molecular flexibility index (Phi) is 8.46. The third kappa shape index (κ3) is 6.34. The van der Waals surface area contributed by atoms with Crippen LogP contribution in [0.1, 0.15) is 43.7 Å². The van der Waals surface area contributed by atoms with Crippen molar-refractivity contribution in [3.05, 3.63) is 58.7 Å². The molecule has 0 saturated carbocycles. The predicted octanol–water partition coefficient (Wildman–Crippen LogP) is 5.50. The van der Waals surface area contributed by atoms with Crippen LogP contribution in [0.2, 0.25) is 5.02 Å². The monoisotopic (exact) mass is 528 g/mol. The predicted molar refractivity (Wildman–Crippen MR) is 147 cm³/mol. The van der Waals surface area contributed by atoms with Gasteiger partial charge in [-0.2, -0.15) is 4.98 Å². The first-order valence-corrected chi connectivity index (χ1v) is 13.6. The average Bonchev–Trinajstić information content (AvgIpc) is 2.83. The number of hydrogen-bond donors (Lipinski definition) is 3. The van der Waals surface area contributed by atoms with Crippen LogP contribution in [0.25, 0.3) is 0 Å². The van der Waals surface area contributed by atoms with Gasteiger partial charge < -0.3 is 20.3 Å². The molecule has 1 aliphatic rings. The molecule has 8 nitrogen and oxygen atoms in total. The number of nitrogens with one attached hydrogen (secondary N) is 2. The second-order valence-corrected chi connectivity index (χ2v) is 10.8. The maximum absolute atomic E-state index is 11.9. The molecule has 0 bridgehead atoms. The Morgan fingerprint density at radius 1 is 1.17 bits per heavy atom. The van der Waals surface area contributed by atoms with Crippen molar-refractivity contribution in [3.8, 4) is 5.75 Å². The molecular formula is C26H33ClN6O2S. The first-order valence-electron chi connectivity index (χ1n) is 12.0. The number of benzene rings is 2. The molecule has 36 heavy (non-hydrogen) atoms. The third-order valence-electron chi connectivity index (χ3n) is 6.24. The molecule has 192 valence electrons. The van der Waals surface area contributed by atoms with E-state index in [-0.39, 0.29) is 6.10 Å². The maximum Gasteiger partial charge on any atom is 0.229 e. The number of para-hydroxylation sites is 1. The van der Waals surface area contributed by atoms with Crippen molar-refractivity contribution in [2.24, 2.45) is 5.14 Å². The van der Waals surface area contributed by atoms with E-state index in [2.05, 4.69) is 51.6 Å². The minimum Gasteiger partial charge on any atom is -0.489 e. The molecule has 0 aliphatic carbocycles. The summed E-state index contributed by atoms with van der Waals surface area (Å²) in [7, 11) is 0.514. The Labute approximate surface area is 220 Å². The van der Waals surface area contributed by atoms with Gasteiger partial charge in [0.2, 0.25) is 5.95 Å². The zero-order chi connectivity index (χ0) is 25.8. The molecule has 1 saturated heterocycles. The summed E-state index contributed by atoms with van der Waals surface area (Å²) in [4.78, 5) is 11.8. The summed E-state index contributed by atoms with van der Waals surface area (Å²) >= 11 is 6.37. The van der Waals surface area contributed by atoms with Crippen LogP contribution in [0, 0.1) is 6.92 Å². The minimum absolute atomic E-state index is 0.00981. The molecule has 4 rings (SSSR count). The van der Waals surface area contributed by atoms with Crippen LogP contribution in [0.5, 0.6) is 5.75 Å². The van der Waals surface area contributed by atoms with E-state index in [0.29, 0.717) is 33.3 Å². The van der Waals surface area contributed by atoms with Crippen molar-refractivity contribution >= 4 is 45.7 Å². The van der Waals surface area contributed by atoms with Crippen molar-refractivity contribution in [1.29, 1.82) is 0 Å². The van der Waals surface area contributed by atoms with Crippen molar-refractivity contribution < 1.29 is 8.95 Å². The molecule has 0 spiro atoms. The molecule has 1 atom stereocenters. The Morgan fingerprint density at radius 3 is 2.58 bits per heavy atom. The third-order valence-corrected chi connectivity index (χ3v) is 7.30. The lowest BCUT2D eigenvalue weighted by Crippen LogP contribution is -2.29. The quantitative estimate of drug-likeness (QED) is 0.354. The lowest BCUT2D eigenvalue weighted by atomic mass is 9.86. The van der Waals surface area contributed by atoms with Crippen LogP contribution < -0.4 is 20.5 Å². The molecule has 2 aromatic carbocycles. The largest absolute Gasteiger partial charge is 0.489 e. The second kappa shape index (κ2) is 11.6. The molecule has 1 aromatic heterocycles. The molecule has 0 radical (unpaired) electrons. The number of hydrogen-bond acceptors (Lipinski definition) is 7. The van der Waals surface area contributed by atoms with E-state index in [9.17, 15) is 4.21 Å². The number of rotatable bonds is 8. The molecule has 10 heteroatoms. The van der Waals surface area contributed by atoms with E-state index in [1.165, 1.54) is 17.3 Å². The summed E-state index contributed by atoms with van der Waals surface area (Å²) in [6, 6.07) is 11.3. The molecule has 3 aromatic rings. The van der Waals surface area contributed by atoms with Gasteiger partial charge >= 0.3 is 0 Å². The van der Waals surface area contributed by atoms with Gasteiger partial charge in [0.1, 0.15) is 21.8 Å². The lowest BCUT2D eigenvalue weighted by molar-refractivity contribution is 0.241. The highest BCUT2D eigenvalue weighted by Crippen LogP contribution is 2.38. The van der Waals surface area contributed by atoms with Crippen molar-refractivity contribution in [2.75, 3.05) is 30.8 Å². The van der Waals surface area contributed by atoms with Gasteiger partial charge in [-0.25, -0.2) is 14.3 Å². The van der Waals surface area contributed by atoms with Gasteiger partial charge in [0.15, 0.2) is 5.82 Å². The smallest absolute Gasteiger partial charge is 0.229 e. The fourth-order valence-corrected chi connectivity index (χ4v) is 5.11. The Morgan fingerprint density at radius 2 is 1.89 bits per heavy atom. The average molecular weight is 529 g/mol. The summed E-state index contributed by atoms with van der Waals surface area (Å²) in [5.74, 6) is 2.01. The lowest BCUT2D eigenvalue weighted by Gasteiger charge is -2.30. The van der Waals surface area contributed by atoms with Crippen LogP contribution in [0.15, 0.2) is 47.5 Å². The zero-order valence-corrected chi connectivity index (χ0v) is 22.6. The number of aryl methyl sites for hydroxylation is 1. The highest BCUT2D eigenvalue weighted by Gasteiger charge is 2.22. The molecule has 2 heterocycles. The van der Waals surface area contributed by atoms with Gasteiger partial charge in [-0.05, 0) is 95.1 Å². The molecule has 1 unspecified atom stereocenters. The van der Waals surface area contributed by atoms with Crippen LogP contribution in [-0.2, 0) is 11.0 Å². The Balaban J connectivity index is 1.63. The van der Waals surface area contributed by atoms with Gasteiger partial charge in [0.05, 0.1) is 28.6 Å². The Hall–Kier alpha value is -2.72. The van der Waals surface area contributed by atoms with Gasteiger partial charge in [-0.15, -0.1) is 0 Å². The standard InChI is InChI=1S/C26H33ClN6O2S/c1-16(2)35-23-14-19(18-9-11-33(4)12-10-18)17(3)13-22(23)31-26-29-15-20(27)25(32-26)30-21-7-5-6-8-24(21)36(28)34/h5-8,13-16,18H,9-12,28H2,1-4H3,(H2,29,30,31,32). The highest BCUT2D eigenvalue weighted by molar-refractivity contribution is 7.82. The number of aromatic nitrogens is 2.